The fourth-order valence-electron chi connectivity index (χ4n) is 3.86. The molecule has 0 heterocycles. The van der Waals surface area contributed by atoms with Crippen molar-refractivity contribution in [2.45, 2.75) is 0 Å². The van der Waals surface area contributed by atoms with E-state index in [9.17, 15) is 0 Å². The van der Waals surface area contributed by atoms with Gasteiger partial charge in [0.15, 0.2) is 0 Å². The van der Waals surface area contributed by atoms with Crippen LogP contribution in [0, 0.1) is 12.3 Å². The number of fused-ring (bicyclic) bond motifs is 3. The standard InChI is InChI=1S/C22H14.C6H4/c1-2-17-18-12-6-8-14-20(18)22(16-10-4-3-5-11-16)21-15-9-7-13-19(17)21;1-2-6-4-3-5(1)6/h1,3-15H;1-4H. The lowest BCUT2D eigenvalue weighted by Crippen LogP contribution is -1.89. The average molecular weight is 354 g/mol. The lowest BCUT2D eigenvalue weighted by atomic mass is 9.89. The quantitative estimate of drug-likeness (QED) is 0.214. The summed E-state index contributed by atoms with van der Waals surface area (Å²) in [7, 11) is 0. The molecule has 0 atom stereocenters. The van der Waals surface area contributed by atoms with E-state index in [0.717, 1.165) is 16.3 Å². The maximum absolute atomic E-state index is 5.82. The summed E-state index contributed by atoms with van der Waals surface area (Å²) in [4.78, 5) is 0. The predicted molar refractivity (Wildman–Crippen MR) is 120 cm³/mol. The number of rotatable bonds is 1. The van der Waals surface area contributed by atoms with Crippen LogP contribution in [0.25, 0.3) is 43.8 Å². The second kappa shape index (κ2) is 6.72. The molecule has 4 aromatic carbocycles. The minimum Gasteiger partial charge on any atom is -0.115 e. The van der Waals surface area contributed by atoms with Crippen molar-refractivity contribution in [1.29, 1.82) is 0 Å². The first kappa shape index (κ1) is 16.4. The van der Waals surface area contributed by atoms with Crippen LogP contribution in [0.3, 0.4) is 0 Å². The normalized spacial score (nSPS) is 10.8. The molecule has 0 bridgehead atoms. The zero-order valence-corrected chi connectivity index (χ0v) is 15.4. The molecule has 0 radical (unpaired) electrons. The van der Waals surface area contributed by atoms with Crippen LogP contribution in [0.2, 0.25) is 0 Å². The van der Waals surface area contributed by atoms with Crippen molar-refractivity contribution in [2.24, 2.45) is 0 Å². The summed E-state index contributed by atoms with van der Waals surface area (Å²) in [6.45, 7) is 0. The van der Waals surface area contributed by atoms with E-state index >= 15 is 0 Å². The van der Waals surface area contributed by atoms with Gasteiger partial charge in [-0.3, -0.25) is 0 Å². The number of terminal acetylenes is 1. The molecule has 0 nitrogen and oxygen atoms in total. The fourth-order valence-corrected chi connectivity index (χ4v) is 3.86. The molecule has 0 aliphatic heterocycles. The topological polar surface area (TPSA) is 0 Å². The van der Waals surface area contributed by atoms with Crippen LogP contribution in [0.4, 0.5) is 0 Å². The molecule has 0 unspecified atom stereocenters. The molecule has 0 amide bonds. The Balaban J connectivity index is 0.000000239. The summed E-state index contributed by atoms with van der Waals surface area (Å²) >= 11 is 0. The molecule has 28 heavy (non-hydrogen) atoms. The van der Waals surface area contributed by atoms with E-state index in [0.29, 0.717) is 0 Å². The summed E-state index contributed by atoms with van der Waals surface area (Å²) in [5.74, 6) is 2.89. The first-order chi connectivity index (χ1) is 13.9. The molecule has 0 saturated heterocycles. The van der Waals surface area contributed by atoms with Crippen molar-refractivity contribution >= 4 is 21.5 Å². The van der Waals surface area contributed by atoms with Crippen LogP contribution in [0.5, 0.6) is 0 Å². The van der Waals surface area contributed by atoms with Crippen LogP contribution in [0.1, 0.15) is 5.56 Å². The van der Waals surface area contributed by atoms with Gasteiger partial charge in [0.05, 0.1) is 0 Å². The zero-order chi connectivity index (χ0) is 18.9. The SMILES string of the molecule is C#Cc1c2ccccc2c(-c2ccccc2)c2ccccc12.c1cc2ccc1-2. The van der Waals surface area contributed by atoms with E-state index in [4.69, 9.17) is 6.42 Å². The second-order valence-corrected chi connectivity index (χ2v) is 6.93. The minimum atomic E-state index is 0.978. The molecule has 4 aromatic rings. The summed E-state index contributed by atoms with van der Waals surface area (Å²) in [5, 5.41) is 4.70. The molecule has 0 aromatic heterocycles. The predicted octanol–water partition coefficient (Wildman–Crippen LogP) is 7.31. The van der Waals surface area contributed by atoms with Crippen LogP contribution in [-0.4, -0.2) is 0 Å². The van der Waals surface area contributed by atoms with Crippen LogP contribution >= 0.6 is 0 Å². The van der Waals surface area contributed by atoms with Crippen molar-refractivity contribution in [3.63, 3.8) is 0 Å². The first-order valence-electron chi connectivity index (χ1n) is 9.43. The molecule has 6 rings (SSSR count). The molecule has 2 aliphatic rings. The third kappa shape index (κ3) is 2.57. The second-order valence-electron chi connectivity index (χ2n) is 6.93. The first-order valence-corrected chi connectivity index (χ1v) is 9.43. The largest absolute Gasteiger partial charge is 0.115 e. The Bertz CT molecular complexity index is 1260. The molecule has 0 fully saturated rings. The molecule has 130 valence electrons. The van der Waals surface area contributed by atoms with Gasteiger partial charge < -0.3 is 0 Å². The monoisotopic (exact) mass is 354 g/mol. The van der Waals surface area contributed by atoms with Gasteiger partial charge in [0.1, 0.15) is 0 Å². The molecule has 2 aliphatic carbocycles. The Morgan fingerprint density at radius 1 is 0.429 bits per heavy atom. The van der Waals surface area contributed by atoms with E-state index in [1.54, 1.807) is 0 Å². The molecule has 0 spiro atoms. The van der Waals surface area contributed by atoms with E-state index < -0.39 is 0 Å². The highest BCUT2D eigenvalue weighted by Gasteiger charge is 2.13. The fraction of sp³-hybridized carbons (Fsp3) is 0. The van der Waals surface area contributed by atoms with Gasteiger partial charge in [-0.25, -0.2) is 0 Å². The average Bonchev–Trinajstić information content (AvgIpc) is 2.75. The van der Waals surface area contributed by atoms with E-state index in [1.165, 1.54) is 33.0 Å². The molecular formula is C28H18. The summed E-state index contributed by atoms with van der Waals surface area (Å²) < 4.78 is 0. The smallest absolute Gasteiger partial charge is 0.0399 e. The highest BCUT2D eigenvalue weighted by molar-refractivity contribution is 6.16. The third-order valence-electron chi connectivity index (χ3n) is 5.36. The molecular weight excluding hydrogens is 336 g/mol. The Morgan fingerprint density at radius 3 is 1.25 bits per heavy atom. The molecule has 0 heteroatoms. The van der Waals surface area contributed by atoms with Crippen molar-refractivity contribution in [3.05, 3.63) is 109 Å². The van der Waals surface area contributed by atoms with Gasteiger partial charge in [-0.2, -0.15) is 0 Å². The van der Waals surface area contributed by atoms with Gasteiger partial charge in [-0.05, 0) is 43.8 Å². The van der Waals surface area contributed by atoms with Crippen molar-refractivity contribution in [1.82, 2.24) is 0 Å². The van der Waals surface area contributed by atoms with Crippen LogP contribution in [0.15, 0.2) is 103 Å². The van der Waals surface area contributed by atoms with Crippen molar-refractivity contribution < 1.29 is 0 Å². The Kier molecular flexibility index (Phi) is 3.93. The number of benzene rings is 5. The number of hydrogen-bond donors (Lipinski definition) is 0. The Labute approximate surface area is 165 Å². The lowest BCUT2D eigenvalue weighted by Gasteiger charge is -2.14. The number of hydrogen-bond acceptors (Lipinski definition) is 0. The Morgan fingerprint density at radius 2 is 0.857 bits per heavy atom. The highest BCUT2D eigenvalue weighted by atomic mass is 14.2. The van der Waals surface area contributed by atoms with Crippen LogP contribution < -0.4 is 0 Å². The van der Waals surface area contributed by atoms with Gasteiger partial charge in [0.25, 0.3) is 0 Å². The van der Waals surface area contributed by atoms with E-state index in [-0.39, 0.29) is 0 Å². The van der Waals surface area contributed by atoms with E-state index in [2.05, 4.69) is 90.8 Å². The minimum absolute atomic E-state index is 0.978. The van der Waals surface area contributed by atoms with Crippen molar-refractivity contribution in [3.8, 4) is 34.6 Å². The highest BCUT2D eigenvalue weighted by Crippen LogP contribution is 2.38. The van der Waals surface area contributed by atoms with Crippen LogP contribution in [-0.2, 0) is 0 Å². The zero-order valence-electron chi connectivity index (χ0n) is 15.4. The third-order valence-corrected chi connectivity index (χ3v) is 5.36. The van der Waals surface area contributed by atoms with Gasteiger partial charge >= 0.3 is 0 Å². The van der Waals surface area contributed by atoms with Gasteiger partial charge in [-0.15, -0.1) is 6.42 Å². The van der Waals surface area contributed by atoms with Gasteiger partial charge in [0, 0.05) is 5.56 Å². The summed E-state index contributed by atoms with van der Waals surface area (Å²) in [6, 6.07) is 35.8. The maximum Gasteiger partial charge on any atom is 0.0399 e. The van der Waals surface area contributed by atoms with Crippen molar-refractivity contribution in [2.75, 3.05) is 0 Å². The molecule has 0 saturated carbocycles. The van der Waals surface area contributed by atoms with E-state index in [1.807, 2.05) is 18.2 Å². The van der Waals surface area contributed by atoms with Gasteiger partial charge in [0.2, 0.25) is 0 Å². The summed E-state index contributed by atoms with van der Waals surface area (Å²) in [5.41, 5.74) is 6.31. The Hall–Kier alpha value is -3.82. The lowest BCUT2D eigenvalue weighted by molar-refractivity contribution is 1.55. The molecule has 0 N–H and O–H groups in total. The van der Waals surface area contributed by atoms with Gasteiger partial charge in [-0.1, -0.05) is 109 Å². The maximum atomic E-state index is 5.82. The summed E-state index contributed by atoms with van der Waals surface area (Å²) in [6.07, 6.45) is 5.82.